The molecule has 2 aromatic rings. The normalized spacial score (nSPS) is 21.5. The molecule has 0 saturated carbocycles. The molecule has 0 radical (unpaired) electrons. The zero-order valence-corrected chi connectivity index (χ0v) is 14.6. The summed E-state index contributed by atoms with van der Waals surface area (Å²) < 4.78 is 6.98. The molecule has 6 nitrogen and oxygen atoms in total. The van der Waals surface area contributed by atoms with Crippen LogP contribution in [0.3, 0.4) is 0 Å². The fraction of sp³-hybridized carbons (Fsp3) is 0.556. The van der Waals surface area contributed by atoms with Gasteiger partial charge in [0.25, 0.3) is 0 Å². The van der Waals surface area contributed by atoms with Crippen molar-refractivity contribution in [3.63, 3.8) is 0 Å². The summed E-state index contributed by atoms with van der Waals surface area (Å²) in [5.74, 6) is 0.877. The number of rotatable bonds is 6. The molecule has 1 aromatic heterocycles. The first-order valence-corrected chi connectivity index (χ1v) is 8.50. The van der Waals surface area contributed by atoms with Gasteiger partial charge in [-0.25, -0.2) is 4.68 Å². The fourth-order valence-electron chi connectivity index (χ4n) is 3.09. The van der Waals surface area contributed by atoms with E-state index in [2.05, 4.69) is 41.2 Å². The lowest BCUT2D eigenvalue weighted by atomic mass is 10.00. The van der Waals surface area contributed by atoms with Crippen LogP contribution < -0.4 is 4.74 Å². The summed E-state index contributed by atoms with van der Waals surface area (Å²) >= 11 is 0. The van der Waals surface area contributed by atoms with Gasteiger partial charge in [0.15, 0.2) is 0 Å². The Labute approximate surface area is 143 Å². The third-order valence-corrected chi connectivity index (χ3v) is 4.72. The summed E-state index contributed by atoms with van der Waals surface area (Å²) in [7, 11) is 1.68. The Morgan fingerprint density at radius 1 is 1.29 bits per heavy atom. The van der Waals surface area contributed by atoms with E-state index < -0.39 is 5.60 Å². The Morgan fingerprint density at radius 3 is 2.67 bits per heavy atom. The Balaban J connectivity index is 1.57. The van der Waals surface area contributed by atoms with Crippen LogP contribution in [-0.4, -0.2) is 51.7 Å². The van der Waals surface area contributed by atoms with Crippen LogP contribution in [0.1, 0.15) is 37.6 Å². The van der Waals surface area contributed by atoms with Crippen LogP contribution in [0, 0.1) is 0 Å². The van der Waals surface area contributed by atoms with Crippen LogP contribution in [-0.2, 0) is 12.0 Å². The number of β-amino-alcohol motifs (C(OH)–C–C–N with tert-alkyl or cyclic N) is 1. The molecule has 1 aliphatic rings. The van der Waals surface area contributed by atoms with Crippen molar-refractivity contribution in [3.05, 3.63) is 41.7 Å². The molecule has 1 N–H and O–H groups in total. The van der Waals surface area contributed by atoms with Gasteiger partial charge in [0.2, 0.25) is 0 Å². The van der Waals surface area contributed by atoms with Crippen LogP contribution >= 0.6 is 0 Å². The third-order valence-electron chi connectivity index (χ3n) is 4.72. The van der Waals surface area contributed by atoms with Crippen molar-refractivity contribution in [2.45, 2.75) is 38.3 Å². The van der Waals surface area contributed by atoms with Gasteiger partial charge in [-0.3, -0.25) is 4.90 Å². The molecular formula is C18H26N4O2. The number of hydrogen-bond acceptors (Lipinski definition) is 5. The lowest BCUT2D eigenvalue weighted by molar-refractivity contribution is 0.0418. The summed E-state index contributed by atoms with van der Waals surface area (Å²) in [5, 5.41) is 19.2. The lowest BCUT2D eigenvalue weighted by Gasteiger charge is -2.21. The summed E-state index contributed by atoms with van der Waals surface area (Å²) in [6, 6.07) is 8.41. The van der Waals surface area contributed by atoms with Crippen molar-refractivity contribution < 1.29 is 9.84 Å². The van der Waals surface area contributed by atoms with Crippen molar-refractivity contribution in [1.82, 2.24) is 19.9 Å². The van der Waals surface area contributed by atoms with Gasteiger partial charge in [-0.2, -0.15) is 0 Å². The van der Waals surface area contributed by atoms with Crippen LogP contribution in [0.2, 0.25) is 0 Å². The fourth-order valence-corrected chi connectivity index (χ4v) is 3.09. The van der Waals surface area contributed by atoms with Gasteiger partial charge in [-0.05, 0) is 44.4 Å². The first-order valence-electron chi connectivity index (χ1n) is 8.50. The summed E-state index contributed by atoms with van der Waals surface area (Å²) in [5.41, 5.74) is 1.08. The lowest BCUT2D eigenvalue weighted by Crippen LogP contribution is -2.32. The largest absolute Gasteiger partial charge is 0.497 e. The Morgan fingerprint density at radius 2 is 2.04 bits per heavy atom. The number of aromatic nitrogens is 3. The van der Waals surface area contributed by atoms with Gasteiger partial charge in [0, 0.05) is 25.7 Å². The topological polar surface area (TPSA) is 63.4 Å². The molecular weight excluding hydrogens is 304 g/mol. The molecule has 1 aliphatic heterocycles. The predicted molar refractivity (Wildman–Crippen MR) is 92.1 cm³/mol. The van der Waals surface area contributed by atoms with Crippen molar-refractivity contribution in [1.29, 1.82) is 0 Å². The van der Waals surface area contributed by atoms with E-state index in [0.29, 0.717) is 18.7 Å². The Hall–Kier alpha value is -1.92. The molecule has 0 bridgehead atoms. The van der Waals surface area contributed by atoms with Gasteiger partial charge < -0.3 is 9.84 Å². The first-order chi connectivity index (χ1) is 11.5. The van der Waals surface area contributed by atoms with Crippen molar-refractivity contribution in [3.8, 4) is 5.75 Å². The van der Waals surface area contributed by atoms with Crippen molar-refractivity contribution >= 4 is 0 Å². The molecule has 24 heavy (non-hydrogen) atoms. The number of nitrogens with zero attached hydrogens (tertiary/aromatic N) is 4. The smallest absolute Gasteiger partial charge is 0.124 e. The first kappa shape index (κ1) is 16.9. The second-order valence-corrected chi connectivity index (χ2v) is 6.83. The average Bonchev–Trinajstić information content (AvgIpc) is 3.21. The maximum atomic E-state index is 10.9. The van der Waals surface area contributed by atoms with E-state index >= 15 is 0 Å². The molecule has 1 aromatic carbocycles. The van der Waals surface area contributed by atoms with E-state index in [-0.39, 0.29) is 6.04 Å². The Kier molecular flexibility index (Phi) is 4.87. The van der Waals surface area contributed by atoms with E-state index in [4.69, 9.17) is 4.74 Å². The maximum absolute atomic E-state index is 10.9. The van der Waals surface area contributed by atoms with Crippen LogP contribution in [0.25, 0.3) is 0 Å². The molecule has 2 heterocycles. The zero-order valence-electron chi connectivity index (χ0n) is 14.6. The van der Waals surface area contributed by atoms with Crippen LogP contribution in [0.4, 0.5) is 0 Å². The predicted octanol–water partition coefficient (Wildman–Crippen LogP) is 2.00. The van der Waals surface area contributed by atoms with Crippen LogP contribution in [0.15, 0.2) is 30.5 Å². The highest BCUT2D eigenvalue weighted by atomic mass is 16.5. The van der Waals surface area contributed by atoms with Gasteiger partial charge in [0.1, 0.15) is 17.0 Å². The number of hydrogen-bond donors (Lipinski definition) is 1. The van der Waals surface area contributed by atoms with E-state index in [1.807, 2.05) is 18.3 Å². The SMILES string of the molecule is COc1ccc(CCN2CCC(O)(c3cn(C(C)C)nn3)C2)cc1. The maximum Gasteiger partial charge on any atom is 0.124 e. The molecule has 0 aliphatic carbocycles. The standard InChI is InChI=1S/C18H26N4O2/c1-14(2)22-12-17(19-20-22)18(23)9-11-21(13-18)10-8-15-4-6-16(24-3)7-5-15/h4-7,12,14,23H,8-11,13H2,1-3H3. The number of likely N-dealkylation sites (tertiary alicyclic amines) is 1. The van der Waals surface area contributed by atoms with Crippen molar-refractivity contribution in [2.24, 2.45) is 0 Å². The molecule has 1 unspecified atom stereocenters. The summed E-state index contributed by atoms with van der Waals surface area (Å²) in [6.45, 7) is 6.52. The number of benzene rings is 1. The second kappa shape index (κ2) is 6.91. The minimum Gasteiger partial charge on any atom is -0.497 e. The Bertz CT molecular complexity index is 668. The molecule has 1 saturated heterocycles. The minimum absolute atomic E-state index is 0.252. The highest BCUT2D eigenvalue weighted by Gasteiger charge is 2.39. The van der Waals surface area contributed by atoms with E-state index in [1.165, 1.54) is 5.56 Å². The van der Waals surface area contributed by atoms with Gasteiger partial charge in [0.05, 0.1) is 13.3 Å². The molecule has 0 spiro atoms. The van der Waals surface area contributed by atoms with Crippen LogP contribution in [0.5, 0.6) is 5.75 Å². The monoisotopic (exact) mass is 330 g/mol. The molecule has 1 atom stereocenters. The molecule has 0 amide bonds. The highest BCUT2D eigenvalue weighted by molar-refractivity contribution is 5.27. The number of methoxy groups -OCH3 is 1. The third kappa shape index (κ3) is 3.60. The molecule has 3 rings (SSSR count). The minimum atomic E-state index is -0.882. The molecule has 1 fully saturated rings. The van der Waals surface area contributed by atoms with Gasteiger partial charge in [-0.15, -0.1) is 5.10 Å². The van der Waals surface area contributed by atoms with E-state index in [9.17, 15) is 5.11 Å². The quantitative estimate of drug-likeness (QED) is 0.878. The van der Waals surface area contributed by atoms with Crippen molar-refractivity contribution in [2.75, 3.05) is 26.7 Å². The number of aliphatic hydroxyl groups is 1. The average molecular weight is 330 g/mol. The van der Waals surface area contributed by atoms with Gasteiger partial charge >= 0.3 is 0 Å². The number of ether oxygens (including phenoxy) is 1. The molecule has 130 valence electrons. The van der Waals surface area contributed by atoms with E-state index in [0.717, 1.165) is 25.3 Å². The van der Waals surface area contributed by atoms with Gasteiger partial charge in [-0.1, -0.05) is 17.3 Å². The second-order valence-electron chi connectivity index (χ2n) is 6.83. The summed E-state index contributed by atoms with van der Waals surface area (Å²) in [6.07, 6.45) is 3.53. The molecule has 6 heteroatoms. The zero-order chi connectivity index (χ0) is 17.2. The highest BCUT2D eigenvalue weighted by Crippen LogP contribution is 2.30. The summed E-state index contributed by atoms with van der Waals surface area (Å²) in [4.78, 5) is 2.29. The van der Waals surface area contributed by atoms with E-state index in [1.54, 1.807) is 11.8 Å².